The molecule has 0 saturated carbocycles. The van der Waals surface area contributed by atoms with E-state index in [9.17, 15) is 22.8 Å². The zero-order valence-corrected chi connectivity index (χ0v) is 13.3. The molecule has 1 saturated heterocycles. The van der Waals surface area contributed by atoms with Gasteiger partial charge in [0.05, 0.1) is 0 Å². The van der Waals surface area contributed by atoms with E-state index in [4.69, 9.17) is 4.74 Å². The number of carbonyl (C=O) groups excluding carboxylic acids is 2. The Kier molecular flexibility index (Phi) is 5.69. The molecule has 0 radical (unpaired) electrons. The maximum Gasteiger partial charge on any atom is 0.397 e. The van der Waals surface area contributed by atoms with Crippen LogP contribution in [0.2, 0.25) is 0 Å². The van der Waals surface area contributed by atoms with Crippen molar-refractivity contribution >= 4 is 11.8 Å². The lowest BCUT2D eigenvalue weighted by Gasteiger charge is -2.34. The fourth-order valence-corrected chi connectivity index (χ4v) is 2.43. The molecular weight excluding hydrogens is 325 g/mol. The number of hydrogen-bond donors (Lipinski definition) is 0. The van der Waals surface area contributed by atoms with E-state index in [1.54, 1.807) is 12.1 Å². The van der Waals surface area contributed by atoms with Crippen molar-refractivity contribution in [2.75, 3.05) is 32.8 Å². The minimum absolute atomic E-state index is 0.102. The Bertz CT molecular complexity index is 596. The maximum absolute atomic E-state index is 12.2. The molecule has 132 valence electrons. The largest absolute Gasteiger partial charge is 0.484 e. The van der Waals surface area contributed by atoms with Gasteiger partial charge in [-0.3, -0.25) is 9.59 Å². The first-order valence-electron chi connectivity index (χ1n) is 7.56. The highest BCUT2D eigenvalue weighted by atomic mass is 19.4. The number of carbonyl (C=O) groups is 2. The van der Waals surface area contributed by atoms with Gasteiger partial charge in [-0.15, -0.1) is 0 Å². The van der Waals surface area contributed by atoms with Crippen LogP contribution in [0.5, 0.6) is 5.75 Å². The van der Waals surface area contributed by atoms with Crippen molar-refractivity contribution in [3.8, 4) is 5.75 Å². The molecule has 2 rings (SSSR count). The van der Waals surface area contributed by atoms with E-state index in [1.807, 2.05) is 19.1 Å². The second-order valence-electron chi connectivity index (χ2n) is 5.66. The van der Waals surface area contributed by atoms with Gasteiger partial charge in [0.2, 0.25) is 5.91 Å². The monoisotopic (exact) mass is 344 g/mol. The Morgan fingerprint density at radius 3 is 2.21 bits per heavy atom. The molecule has 0 bridgehead atoms. The molecule has 1 aliphatic heterocycles. The normalized spacial score (nSPS) is 15.3. The molecule has 8 heteroatoms. The molecule has 0 atom stereocenters. The zero-order valence-electron chi connectivity index (χ0n) is 13.3. The molecule has 1 aromatic carbocycles. The van der Waals surface area contributed by atoms with Crippen LogP contribution >= 0.6 is 0 Å². The van der Waals surface area contributed by atoms with E-state index >= 15 is 0 Å². The lowest BCUT2D eigenvalue weighted by atomic mass is 10.2. The van der Waals surface area contributed by atoms with Gasteiger partial charge in [-0.05, 0) is 24.6 Å². The van der Waals surface area contributed by atoms with E-state index in [0.717, 1.165) is 10.5 Å². The van der Waals surface area contributed by atoms with Crippen LogP contribution < -0.4 is 4.74 Å². The second kappa shape index (κ2) is 7.55. The summed E-state index contributed by atoms with van der Waals surface area (Å²) >= 11 is 0. The van der Waals surface area contributed by atoms with Gasteiger partial charge in [-0.1, -0.05) is 12.1 Å². The van der Waals surface area contributed by atoms with E-state index in [1.165, 1.54) is 4.90 Å². The van der Waals surface area contributed by atoms with Gasteiger partial charge in [0, 0.05) is 26.2 Å². The first kappa shape index (κ1) is 18.1. The van der Waals surface area contributed by atoms with Crippen LogP contribution in [0, 0.1) is 6.92 Å². The van der Waals surface area contributed by atoms with Crippen molar-refractivity contribution in [1.82, 2.24) is 9.80 Å². The molecule has 24 heavy (non-hydrogen) atoms. The predicted octanol–water partition coefficient (Wildman–Crippen LogP) is 2.00. The molecule has 1 aromatic rings. The molecule has 2 amide bonds. The van der Waals surface area contributed by atoms with E-state index in [0.29, 0.717) is 5.75 Å². The number of piperazine rings is 1. The van der Waals surface area contributed by atoms with Crippen molar-refractivity contribution in [3.05, 3.63) is 29.8 Å². The van der Waals surface area contributed by atoms with Gasteiger partial charge in [-0.2, -0.15) is 13.2 Å². The van der Waals surface area contributed by atoms with Gasteiger partial charge in [0.15, 0.2) is 6.61 Å². The first-order chi connectivity index (χ1) is 11.2. The summed E-state index contributed by atoms with van der Waals surface area (Å²) in [6, 6.07) is 7.28. The van der Waals surface area contributed by atoms with Crippen LogP contribution in [0.25, 0.3) is 0 Å². The Morgan fingerprint density at radius 1 is 1.08 bits per heavy atom. The van der Waals surface area contributed by atoms with E-state index in [-0.39, 0.29) is 38.7 Å². The van der Waals surface area contributed by atoms with Gasteiger partial charge < -0.3 is 14.5 Å². The van der Waals surface area contributed by atoms with Crippen LogP contribution in [-0.4, -0.2) is 60.6 Å². The highest BCUT2D eigenvalue weighted by Crippen LogP contribution is 2.21. The Morgan fingerprint density at radius 2 is 1.67 bits per heavy atom. The molecule has 0 aromatic heterocycles. The quantitative estimate of drug-likeness (QED) is 0.839. The van der Waals surface area contributed by atoms with Crippen molar-refractivity contribution < 1.29 is 27.5 Å². The lowest BCUT2D eigenvalue weighted by molar-refractivity contribution is -0.163. The summed E-state index contributed by atoms with van der Waals surface area (Å²) in [4.78, 5) is 26.2. The van der Waals surface area contributed by atoms with E-state index < -0.39 is 18.5 Å². The summed E-state index contributed by atoms with van der Waals surface area (Å²) in [5.41, 5.74) is 1.01. The van der Waals surface area contributed by atoms with Crippen LogP contribution in [0.1, 0.15) is 12.0 Å². The summed E-state index contributed by atoms with van der Waals surface area (Å²) < 4.78 is 42.1. The number of rotatable bonds is 4. The highest BCUT2D eigenvalue weighted by Gasteiger charge is 2.34. The summed E-state index contributed by atoms with van der Waals surface area (Å²) in [5, 5.41) is 0. The standard InChI is InChI=1S/C16H19F3N2O3/c1-12-3-2-4-13(9-12)24-11-15(23)21-7-5-20(6-8-21)14(22)10-16(17,18)19/h2-4,9H,5-8,10-11H2,1H3. The van der Waals surface area contributed by atoms with Crippen molar-refractivity contribution in [2.45, 2.75) is 19.5 Å². The van der Waals surface area contributed by atoms with Gasteiger partial charge in [0.1, 0.15) is 12.2 Å². The molecule has 1 aliphatic rings. The van der Waals surface area contributed by atoms with Gasteiger partial charge in [-0.25, -0.2) is 0 Å². The summed E-state index contributed by atoms with van der Waals surface area (Å²) in [6.07, 6.45) is -5.97. The molecule has 1 heterocycles. The van der Waals surface area contributed by atoms with Gasteiger partial charge in [0.25, 0.3) is 5.91 Å². The Labute approximate surface area is 138 Å². The van der Waals surface area contributed by atoms with Crippen LogP contribution in [-0.2, 0) is 9.59 Å². The molecule has 0 spiro atoms. The number of aryl methyl sites for hydroxylation is 1. The van der Waals surface area contributed by atoms with E-state index in [2.05, 4.69) is 0 Å². The zero-order chi connectivity index (χ0) is 17.7. The molecule has 0 unspecified atom stereocenters. The minimum Gasteiger partial charge on any atom is -0.484 e. The number of hydrogen-bond acceptors (Lipinski definition) is 3. The minimum atomic E-state index is -4.51. The third-order valence-corrected chi connectivity index (χ3v) is 3.69. The molecule has 1 fully saturated rings. The summed E-state index contributed by atoms with van der Waals surface area (Å²) in [5.74, 6) is -0.618. The third-order valence-electron chi connectivity index (χ3n) is 3.69. The van der Waals surface area contributed by atoms with Crippen molar-refractivity contribution in [2.24, 2.45) is 0 Å². The SMILES string of the molecule is Cc1cccc(OCC(=O)N2CCN(C(=O)CC(F)(F)F)CC2)c1. The number of nitrogens with zero attached hydrogens (tertiary/aromatic N) is 2. The number of alkyl halides is 3. The van der Waals surface area contributed by atoms with Crippen LogP contribution in [0.3, 0.4) is 0 Å². The second-order valence-corrected chi connectivity index (χ2v) is 5.66. The fraction of sp³-hybridized carbons (Fsp3) is 0.500. The van der Waals surface area contributed by atoms with Crippen LogP contribution in [0.4, 0.5) is 13.2 Å². The molecule has 0 N–H and O–H groups in total. The average Bonchev–Trinajstić information content (AvgIpc) is 2.51. The smallest absolute Gasteiger partial charge is 0.397 e. The number of ether oxygens (including phenoxy) is 1. The topological polar surface area (TPSA) is 49.9 Å². The number of benzene rings is 1. The third kappa shape index (κ3) is 5.43. The summed E-state index contributed by atoms with van der Waals surface area (Å²) in [6.45, 7) is 2.39. The Balaban J connectivity index is 1.77. The highest BCUT2D eigenvalue weighted by molar-refractivity contribution is 5.79. The van der Waals surface area contributed by atoms with Crippen LogP contribution in [0.15, 0.2) is 24.3 Å². The van der Waals surface area contributed by atoms with Crippen molar-refractivity contribution in [3.63, 3.8) is 0 Å². The fourth-order valence-electron chi connectivity index (χ4n) is 2.43. The molecular formula is C16H19F3N2O3. The summed E-state index contributed by atoms with van der Waals surface area (Å²) in [7, 11) is 0. The lowest BCUT2D eigenvalue weighted by Crippen LogP contribution is -2.52. The average molecular weight is 344 g/mol. The molecule has 0 aliphatic carbocycles. The van der Waals surface area contributed by atoms with Crippen molar-refractivity contribution in [1.29, 1.82) is 0 Å². The molecule has 5 nitrogen and oxygen atoms in total. The van der Waals surface area contributed by atoms with Gasteiger partial charge >= 0.3 is 6.18 Å². The number of amides is 2. The first-order valence-corrected chi connectivity index (χ1v) is 7.56. The predicted molar refractivity (Wildman–Crippen MR) is 80.5 cm³/mol. The number of halogens is 3. The Hall–Kier alpha value is -2.25. The maximum atomic E-state index is 12.2.